The van der Waals surface area contributed by atoms with Gasteiger partial charge in [0.15, 0.2) is 0 Å². The first-order valence-corrected chi connectivity index (χ1v) is 6.26. The first-order valence-electron chi connectivity index (χ1n) is 6.26. The van der Waals surface area contributed by atoms with Gasteiger partial charge < -0.3 is 10.6 Å². The van der Waals surface area contributed by atoms with Gasteiger partial charge in [0.05, 0.1) is 0 Å². The average Bonchev–Trinajstić information content (AvgIpc) is 2.77. The molecule has 0 radical (unpaired) electrons. The van der Waals surface area contributed by atoms with Crippen molar-refractivity contribution in [1.82, 2.24) is 4.90 Å². The van der Waals surface area contributed by atoms with E-state index in [9.17, 15) is 0 Å². The summed E-state index contributed by atoms with van der Waals surface area (Å²) in [6.07, 6.45) is 8.45. The van der Waals surface area contributed by atoms with E-state index in [0.29, 0.717) is 0 Å². The number of nitrogens with zero attached hydrogens (tertiary/aromatic N) is 1. The van der Waals surface area contributed by atoms with Crippen LogP contribution in [0, 0.1) is 11.8 Å². The van der Waals surface area contributed by atoms with Crippen LogP contribution in [0.1, 0.15) is 38.5 Å². The molecule has 1 saturated heterocycles. The van der Waals surface area contributed by atoms with Gasteiger partial charge in [0, 0.05) is 25.2 Å². The van der Waals surface area contributed by atoms with Crippen LogP contribution in [0.2, 0.25) is 0 Å². The van der Waals surface area contributed by atoms with Crippen LogP contribution in [-0.4, -0.2) is 30.1 Å². The molecule has 2 atom stereocenters. The van der Waals surface area contributed by atoms with Gasteiger partial charge in [0.25, 0.3) is 0 Å². The number of fused-ring (bicyclic) bond motifs is 1. The molecular weight excluding hydrogens is 172 g/mol. The maximum absolute atomic E-state index is 6.17. The highest BCUT2D eigenvalue weighted by Crippen LogP contribution is 2.39. The van der Waals surface area contributed by atoms with Gasteiger partial charge in [-0.1, -0.05) is 12.8 Å². The molecule has 3 fully saturated rings. The van der Waals surface area contributed by atoms with Gasteiger partial charge in [0.1, 0.15) is 0 Å². The molecule has 0 spiro atoms. The van der Waals surface area contributed by atoms with Gasteiger partial charge in [-0.2, -0.15) is 0 Å². The Hall–Kier alpha value is -0.0800. The Morgan fingerprint density at radius 1 is 1.07 bits per heavy atom. The minimum absolute atomic E-state index is 0.230. The standard InChI is InChI=1S/C12H22N2/c13-12(5-6-12)9-14-7-10-3-1-2-4-11(10)8-14/h10-11H,1-9,13H2. The number of hydrogen-bond donors (Lipinski definition) is 1. The van der Waals surface area contributed by atoms with Crippen molar-refractivity contribution in [2.24, 2.45) is 17.6 Å². The van der Waals surface area contributed by atoms with E-state index >= 15 is 0 Å². The van der Waals surface area contributed by atoms with Gasteiger partial charge in [-0.3, -0.25) is 0 Å². The lowest BCUT2D eigenvalue weighted by atomic mass is 9.82. The number of hydrogen-bond acceptors (Lipinski definition) is 2. The number of rotatable bonds is 2. The highest BCUT2D eigenvalue weighted by molar-refractivity contribution is 5.02. The highest BCUT2D eigenvalue weighted by Gasteiger charge is 2.43. The summed E-state index contributed by atoms with van der Waals surface area (Å²) in [7, 11) is 0. The zero-order chi connectivity index (χ0) is 9.60. The van der Waals surface area contributed by atoms with E-state index in [4.69, 9.17) is 5.73 Å². The Kier molecular flexibility index (Phi) is 2.10. The van der Waals surface area contributed by atoms with Crippen LogP contribution in [0.25, 0.3) is 0 Å². The normalized spacial score (nSPS) is 40.9. The minimum atomic E-state index is 0.230. The third-order valence-corrected chi connectivity index (χ3v) is 4.48. The van der Waals surface area contributed by atoms with E-state index < -0.39 is 0 Å². The largest absolute Gasteiger partial charge is 0.324 e. The molecular formula is C12H22N2. The Balaban J connectivity index is 1.57. The Morgan fingerprint density at radius 2 is 1.64 bits per heavy atom. The fourth-order valence-corrected chi connectivity index (χ4v) is 3.40. The summed E-state index contributed by atoms with van der Waals surface area (Å²) in [5.74, 6) is 2.04. The topological polar surface area (TPSA) is 29.3 Å². The predicted octanol–water partition coefficient (Wildman–Crippen LogP) is 1.60. The molecule has 0 aromatic heterocycles. The van der Waals surface area contributed by atoms with Crippen LogP contribution < -0.4 is 5.73 Å². The molecule has 2 heteroatoms. The Morgan fingerprint density at radius 3 is 2.14 bits per heavy atom. The van der Waals surface area contributed by atoms with Gasteiger partial charge in [-0.25, -0.2) is 0 Å². The fourth-order valence-electron chi connectivity index (χ4n) is 3.40. The SMILES string of the molecule is NC1(CN2CC3CCCCC3C2)CC1. The summed E-state index contributed by atoms with van der Waals surface area (Å²) < 4.78 is 0. The molecule has 3 aliphatic rings. The van der Waals surface area contributed by atoms with Crippen molar-refractivity contribution in [1.29, 1.82) is 0 Å². The summed E-state index contributed by atoms with van der Waals surface area (Å²) in [4.78, 5) is 2.65. The van der Waals surface area contributed by atoms with Gasteiger partial charge >= 0.3 is 0 Å². The van der Waals surface area contributed by atoms with E-state index in [2.05, 4.69) is 4.90 Å². The molecule has 2 saturated carbocycles. The zero-order valence-corrected chi connectivity index (χ0v) is 9.04. The second-order valence-corrected chi connectivity index (χ2v) is 5.86. The quantitative estimate of drug-likeness (QED) is 0.723. The molecule has 0 bridgehead atoms. The van der Waals surface area contributed by atoms with Crippen molar-refractivity contribution in [2.75, 3.05) is 19.6 Å². The van der Waals surface area contributed by atoms with Crippen molar-refractivity contribution in [3.8, 4) is 0 Å². The maximum atomic E-state index is 6.17. The summed E-state index contributed by atoms with van der Waals surface area (Å²) >= 11 is 0. The molecule has 3 rings (SSSR count). The number of nitrogens with two attached hydrogens (primary N) is 1. The van der Waals surface area contributed by atoms with Crippen molar-refractivity contribution < 1.29 is 0 Å². The summed E-state index contributed by atoms with van der Waals surface area (Å²) in [6, 6.07) is 0. The van der Waals surface area contributed by atoms with Crippen LogP contribution in [0.5, 0.6) is 0 Å². The van der Waals surface area contributed by atoms with Gasteiger partial charge in [-0.05, 0) is 37.5 Å². The Labute approximate surface area is 86.8 Å². The molecule has 14 heavy (non-hydrogen) atoms. The van der Waals surface area contributed by atoms with Crippen molar-refractivity contribution in [3.63, 3.8) is 0 Å². The van der Waals surface area contributed by atoms with Crippen molar-refractivity contribution in [2.45, 2.75) is 44.1 Å². The fraction of sp³-hybridized carbons (Fsp3) is 1.00. The predicted molar refractivity (Wildman–Crippen MR) is 58.0 cm³/mol. The van der Waals surface area contributed by atoms with E-state index in [1.54, 1.807) is 0 Å². The molecule has 0 amide bonds. The van der Waals surface area contributed by atoms with Gasteiger partial charge in [-0.15, -0.1) is 0 Å². The zero-order valence-electron chi connectivity index (χ0n) is 9.04. The molecule has 2 nitrogen and oxygen atoms in total. The first-order chi connectivity index (χ1) is 6.75. The molecule has 2 unspecified atom stereocenters. The lowest BCUT2D eigenvalue weighted by molar-refractivity contribution is 0.291. The van der Waals surface area contributed by atoms with Crippen LogP contribution in [-0.2, 0) is 0 Å². The molecule has 2 aliphatic carbocycles. The van der Waals surface area contributed by atoms with E-state index in [1.165, 1.54) is 58.2 Å². The van der Waals surface area contributed by atoms with Crippen molar-refractivity contribution in [3.05, 3.63) is 0 Å². The van der Waals surface area contributed by atoms with E-state index in [1.807, 2.05) is 0 Å². The van der Waals surface area contributed by atoms with Crippen LogP contribution in [0.3, 0.4) is 0 Å². The summed E-state index contributed by atoms with van der Waals surface area (Å²) in [6.45, 7) is 3.88. The second kappa shape index (κ2) is 3.21. The molecule has 0 aromatic carbocycles. The minimum Gasteiger partial charge on any atom is -0.324 e. The first kappa shape index (κ1) is 9.17. The van der Waals surface area contributed by atoms with Crippen molar-refractivity contribution >= 4 is 0 Å². The average molecular weight is 194 g/mol. The highest BCUT2D eigenvalue weighted by atomic mass is 15.2. The lowest BCUT2D eigenvalue weighted by Crippen LogP contribution is -2.38. The van der Waals surface area contributed by atoms with E-state index in [-0.39, 0.29) is 5.54 Å². The summed E-state index contributed by atoms with van der Waals surface area (Å²) in [5.41, 5.74) is 6.40. The molecule has 2 N–H and O–H groups in total. The van der Waals surface area contributed by atoms with Crippen LogP contribution >= 0.6 is 0 Å². The monoisotopic (exact) mass is 194 g/mol. The molecule has 1 aliphatic heterocycles. The number of likely N-dealkylation sites (tertiary alicyclic amines) is 1. The second-order valence-electron chi connectivity index (χ2n) is 5.86. The third kappa shape index (κ3) is 1.70. The van der Waals surface area contributed by atoms with Crippen LogP contribution in [0.4, 0.5) is 0 Å². The molecule has 80 valence electrons. The lowest BCUT2D eigenvalue weighted by Gasteiger charge is -2.23. The smallest absolute Gasteiger partial charge is 0.0284 e. The molecule has 0 aromatic rings. The van der Waals surface area contributed by atoms with E-state index in [0.717, 1.165) is 11.8 Å². The van der Waals surface area contributed by atoms with Crippen LogP contribution in [0.15, 0.2) is 0 Å². The Bertz CT molecular complexity index is 208. The van der Waals surface area contributed by atoms with Gasteiger partial charge in [0.2, 0.25) is 0 Å². The molecule has 1 heterocycles. The third-order valence-electron chi connectivity index (χ3n) is 4.48. The maximum Gasteiger partial charge on any atom is 0.0284 e. The summed E-state index contributed by atoms with van der Waals surface area (Å²) in [5, 5.41) is 0.